The van der Waals surface area contributed by atoms with Crippen molar-refractivity contribution in [1.82, 2.24) is 24.1 Å². The summed E-state index contributed by atoms with van der Waals surface area (Å²) in [5, 5.41) is 6.99. The van der Waals surface area contributed by atoms with Crippen LogP contribution in [-0.4, -0.2) is 24.1 Å². The molecule has 0 fully saturated rings. The van der Waals surface area contributed by atoms with Crippen molar-refractivity contribution in [2.75, 3.05) is 0 Å². The summed E-state index contributed by atoms with van der Waals surface area (Å²) >= 11 is 0. The lowest BCUT2D eigenvalue weighted by Crippen LogP contribution is -2.00. The number of hydrogen-bond donors (Lipinski definition) is 0. The van der Waals surface area contributed by atoms with E-state index < -0.39 is 0 Å². The van der Waals surface area contributed by atoms with Gasteiger partial charge in [-0.2, -0.15) is 0 Å². The Morgan fingerprint density at radius 2 is 0.772 bits per heavy atom. The molecule has 4 aromatic heterocycles. The number of benzene rings is 8. The van der Waals surface area contributed by atoms with E-state index >= 15 is 0 Å². The quantitative estimate of drug-likeness (QED) is 0.177. The van der Waals surface area contributed by atoms with Gasteiger partial charge in [0.15, 0.2) is 17.5 Å². The Balaban J connectivity index is 1.03. The number of furan rings is 1. The Morgan fingerprint density at radius 3 is 1.37 bits per heavy atom. The van der Waals surface area contributed by atoms with Crippen LogP contribution in [0.1, 0.15) is 0 Å². The van der Waals surface area contributed by atoms with E-state index in [4.69, 9.17) is 19.4 Å². The normalized spacial score (nSPS) is 11.9. The molecule has 0 atom stereocenters. The summed E-state index contributed by atoms with van der Waals surface area (Å²) in [5.41, 5.74) is 11.1. The van der Waals surface area contributed by atoms with Crippen LogP contribution in [-0.2, 0) is 0 Å². The third kappa shape index (κ3) is 4.94. The van der Waals surface area contributed by atoms with Crippen molar-refractivity contribution in [1.29, 1.82) is 0 Å². The highest BCUT2D eigenvalue weighted by molar-refractivity contribution is 6.19. The van der Waals surface area contributed by atoms with Crippen molar-refractivity contribution in [2.24, 2.45) is 0 Å². The first-order chi connectivity index (χ1) is 28.2. The Morgan fingerprint density at radius 1 is 0.298 bits per heavy atom. The molecule has 0 saturated heterocycles. The number of aromatic nitrogens is 5. The maximum atomic E-state index is 6.71. The van der Waals surface area contributed by atoms with Gasteiger partial charge in [0.2, 0.25) is 0 Å². The zero-order chi connectivity index (χ0) is 37.5. The van der Waals surface area contributed by atoms with Crippen LogP contribution >= 0.6 is 0 Å². The third-order valence-corrected chi connectivity index (χ3v) is 11.2. The van der Waals surface area contributed by atoms with Crippen LogP contribution in [0.5, 0.6) is 0 Å². The van der Waals surface area contributed by atoms with E-state index in [0.717, 1.165) is 61.0 Å². The van der Waals surface area contributed by atoms with Gasteiger partial charge in [0, 0.05) is 66.4 Å². The zero-order valence-electron chi connectivity index (χ0n) is 30.5. The topological polar surface area (TPSA) is 61.7 Å². The molecule has 0 spiro atoms. The Kier molecular flexibility index (Phi) is 6.83. The highest BCUT2D eigenvalue weighted by Crippen LogP contribution is 2.41. The third-order valence-electron chi connectivity index (χ3n) is 11.2. The summed E-state index contributed by atoms with van der Waals surface area (Å²) in [6.45, 7) is 0. The van der Waals surface area contributed by atoms with Gasteiger partial charge >= 0.3 is 0 Å². The Hall–Kier alpha value is -7.83. The van der Waals surface area contributed by atoms with Crippen LogP contribution in [0, 0.1) is 0 Å². The van der Waals surface area contributed by atoms with Gasteiger partial charge in [0.05, 0.1) is 22.1 Å². The van der Waals surface area contributed by atoms with Gasteiger partial charge in [-0.25, -0.2) is 15.0 Å². The fraction of sp³-hybridized carbons (Fsp3) is 0. The van der Waals surface area contributed by atoms with Crippen molar-refractivity contribution < 1.29 is 4.42 Å². The van der Waals surface area contributed by atoms with E-state index in [1.165, 1.54) is 32.6 Å². The SMILES string of the molecule is c1ccc(-c2nc(-c3ccccc3)nc(-c3ccc4c(c3)oc3cc(-n5c6ccccc6c6cc7c8ccccc8n(-c8ccccc8)c7cc65)ccc34)n2)cc1. The first-order valence-electron chi connectivity index (χ1n) is 19.1. The summed E-state index contributed by atoms with van der Waals surface area (Å²) in [5.74, 6) is 1.85. The standard InChI is InChI=1S/C51H31N5O/c1-4-14-32(15-5-1)49-52-50(33-16-6-2-7-17-33)54-51(53-49)34-24-26-39-40-27-25-36(29-48(40)57-47(39)28-34)56-44-23-13-11-21-38(44)42-30-41-37-20-10-12-22-43(37)55(45(41)31-46(42)56)35-18-8-3-9-19-35/h1-31H. The molecule has 0 bridgehead atoms. The summed E-state index contributed by atoms with van der Waals surface area (Å²) in [7, 11) is 0. The summed E-state index contributed by atoms with van der Waals surface area (Å²) < 4.78 is 11.5. The molecule has 0 aliphatic carbocycles. The second kappa shape index (κ2) is 12.3. The van der Waals surface area contributed by atoms with E-state index in [-0.39, 0.29) is 0 Å². The molecule has 0 unspecified atom stereocenters. The summed E-state index contributed by atoms with van der Waals surface area (Å²) in [6.07, 6.45) is 0. The summed E-state index contributed by atoms with van der Waals surface area (Å²) in [4.78, 5) is 14.8. The van der Waals surface area contributed by atoms with Crippen LogP contribution in [0.4, 0.5) is 0 Å². The van der Waals surface area contributed by atoms with Crippen molar-refractivity contribution >= 4 is 65.6 Å². The molecule has 0 aliphatic heterocycles. The lowest BCUT2D eigenvalue weighted by Gasteiger charge is -2.10. The molecule has 266 valence electrons. The predicted molar refractivity (Wildman–Crippen MR) is 232 cm³/mol. The number of fused-ring (bicyclic) bond motifs is 9. The second-order valence-electron chi connectivity index (χ2n) is 14.5. The van der Waals surface area contributed by atoms with Gasteiger partial charge in [-0.15, -0.1) is 0 Å². The van der Waals surface area contributed by atoms with Gasteiger partial charge in [0.1, 0.15) is 11.2 Å². The molecule has 6 heteroatoms. The molecule has 0 N–H and O–H groups in total. The minimum atomic E-state index is 0.593. The minimum Gasteiger partial charge on any atom is -0.456 e. The van der Waals surface area contributed by atoms with Crippen LogP contribution in [0.25, 0.3) is 111 Å². The highest BCUT2D eigenvalue weighted by Gasteiger charge is 2.20. The van der Waals surface area contributed by atoms with Crippen molar-refractivity contribution in [3.63, 3.8) is 0 Å². The first kappa shape index (κ1) is 31.5. The molecule has 12 aromatic rings. The molecule has 6 nitrogen and oxygen atoms in total. The molecule has 4 heterocycles. The fourth-order valence-electron chi connectivity index (χ4n) is 8.55. The average molecular weight is 730 g/mol. The van der Waals surface area contributed by atoms with E-state index in [1.807, 2.05) is 66.7 Å². The predicted octanol–water partition coefficient (Wildman–Crippen LogP) is 13.0. The lowest BCUT2D eigenvalue weighted by atomic mass is 10.1. The molecule has 0 amide bonds. The molecule has 57 heavy (non-hydrogen) atoms. The summed E-state index contributed by atoms with van der Waals surface area (Å²) in [6, 6.07) is 65.6. The van der Waals surface area contributed by atoms with Gasteiger partial charge in [-0.1, -0.05) is 121 Å². The molecule has 12 rings (SSSR count). The zero-order valence-corrected chi connectivity index (χ0v) is 30.5. The second-order valence-corrected chi connectivity index (χ2v) is 14.5. The van der Waals surface area contributed by atoms with Gasteiger partial charge in [-0.05, 0) is 60.7 Å². The van der Waals surface area contributed by atoms with Gasteiger partial charge in [-0.3, -0.25) is 0 Å². The largest absolute Gasteiger partial charge is 0.456 e. The van der Waals surface area contributed by atoms with E-state index in [2.05, 4.69) is 130 Å². The van der Waals surface area contributed by atoms with E-state index in [1.54, 1.807) is 0 Å². The molecule has 0 radical (unpaired) electrons. The molecule has 0 saturated carbocycles. The molecular weight excluding hydrogens is 699 g/mol. The van der Waals surface area contributed by atoms with Gasteiger partial charge < -0.3 is 13.6 Å². The number of para-hydroxylation sites is 3. The van der Waals surface area contributed by atoms with E-state index in [9.17, 15) is 0 Å². The number of nitrogens with zero attached hydrogens (tertiary/aromatic N) is 5. The van der Waals surface area contributed by atoms with Crippen LogP contribution in [0.2, 0.25) is 0 Å². The van der Waals surface area contributed by atoms with Crippen LogP contribution in [0.3, 0.4) is 0 Å². The maximum absolute atomic E-state index is 6.71. The Labute approximate surface area is 326 Å². The lowest BCUT2D eigenvalue weighted by molar-refractivity contribution is 0.668. The van der Waals surface area contributed by atoms with Crippen LogP contribution < -0.4 is 0 Å². The molecule has 0 aliphatic rings. The average Bonchev–Trinajstić information content (AvgIpc) is 3.92. The highest BCUT2D eigenvalue weighted by atomic mass is 16.3. The fourth-order valence-corrected chi connectivity index (χ4v) is 8.55. The van der Waals surface area contributed by atoms with Crippen LogP contribution in [0.15, 0.2) is 192 Å². The smallest absolute Gasteiger partial charge is 0.164 e. The molecular formula is C51H31N5O. The maximum Gasteiger partial charge on any atom is 0.164 e. The van der Waals surface area contributed by atoms with Crippen molar-refractivity contribution in [2.45, 2.75) is 0 Å². The monoisotopic (exact) mass is 729 g/mol. The molecule has 8 aromatic carbocycles. The number of rotatable bonds is 5. The van der Waals surface area contributed by atoms with E-state index in [0.29, 0.717) is 17.5 Å². The number of hydrogen-bond acceptors (Lipinski definition) is 4. The Bertz CT molecular complexity index is 3450. The van der Waals surface area contributed by atoms with Gasteiger partial charge in [0.25, 0.3) is 0 Å². The van der Waals surface area contributed by atoms with Crippen molar-refractivity contribution in [3.05, 3.63) is 188 Å². The first-order valence-corrected chi connectivity index (χ1v) is 19.1. The minimum absolute atomic E-state index is 0.593. The van der Waals surface area contributed by atoms with Crippen molar-refractivity contribution in [3.8, 4) is 45.5 Å².